The Hall–Kier alpha value is -0.570. The number of hydrogen-bond donors (Lipinski definition) is 1. The Morgan fingerprint density at radius 1 is 1.43 bits per heavy atom. The molecule has 0 heterocycles. The summed E-state index contributed by atoms with van der Waals surface area (Å²) in [6.07, 6.45) is 6.63. The SMILES string of the molecule is CNCCCC(=O)N(C)C1CCCC1. The van der Waals surface area contributed by atoms with Gasteiger partial charge in [-0.25, -0.2) is 0 Å². The molecule has 3 heteroatoms. The first-order chi connectivity index (χ1) is 6.75. The number of amides is 1. The number of nitrogens with zero attached hydrogens (tertiary/aromatic N) is 1. The van der Waals surface area contributed by atoms with Gasteiger partial charge in [-0.3, -0.25) is 4.79 Å². The second kappa shape index (κ2) is 6.02. The minimum atomic E-state index is 0.312. The summed E-state index contributed by atoms with van der Waals surface area (Å²) >= 11 is 0. The van der Waals surface area contributed by atoms with Crippen molar-refractivity contribution in [3.8, 4) is 0 Å². The molecule has 0 atom stereocenters. The van der Waals surface area contributed by atoms with Crippen LogP contribution in [-0.2, 0) is 4.79 Å². The Morgan fingerprint density at radius 2 is 2.07 bits per heavy atom. The molecule has 1 amide bonds. The largest absolute Gasteiger partial charge is 0.343 e. The van der Waals surface area contributed by atoms with Gasteiger partial charge in [0, 0.05) is 19.5 Å². The Balaban J connectivity index is 2.21. The van der Waals surface area contributed by atoms with Gasteiger partial charge < -0.3 is 10.2 Å². The van der Waals surface area contributed by atoms with Gasteiger partial charge in [0.15, 0.2) is 0 Å². The molecule has 0 aliphatic heterocycles. The maximum atomic E-state index is 11.7. The van der Waals surface area contributed by atoms with E-state index in [1.165, 1.54) is 25.7 Å². The highest BCUT2D eigenvalue weighted by atomic mass is 16.2. The normalized spacial score (nSPS) is 17.3. The van der Waals surface area contributed by atoms with Crippen LogP contribution < -0.4 is 5.32 Å². The van der Waals surface area contributed by atoms with E-state index in [2.05, 4.69) is 5.32 Å². The predicted octanol–water partition coefficient (Wildman–Crippen LogP) is 1.39. The Kier molecular flexibility index (Phi) is 4.94. The fourth-order valence-corrected chi connectivity index (χ4v) is 2.09. The molecule has 82 valence electrons. The molecule has 3 nitrogen and oxygen atoms in total. The van der Waals surface area contributed by atoms with Crippen molar-refractivity contribution < 1.29 is 4.79 Å². The number of hydrogen-bond acceptors (Lipinski definition) is 2. The van der Waals surface area contributed by atoms with E-state index in [0.29, 0.717) is 18.4 Å². The second-order valence-corrected chi connectivity index (χ2v) is 4.15. The van der Waals surface area contributed by atoms with Crippen LogP contribution in [0.25, 0.3) is 0 Å². The van der Waals surface area contributed by atoms with E-state index >= 15 is 0 Å². The lowest BCUT2D eigenvalue weighted by Crippen LogP contribution is -2.35. The summed E-state index contributed by atoms with van der Waals surface area (Å²) in [5.74, 6) is 0.312. The maximum absolute atomic E-state index is 11.7. The van der Waals surface area contributed by atoms with Crippen LogP contribution in [0.5, 0.6) is 0 Å². The summed E-state index contributed by atoms with van der Waals surface area (Å²) in [6.45, 7) is 0.935. The van der Waals surface area contributed by atoms with Crippen molar-refractivity contribution >= 4 is 5.91 Å². The van der Waals surface area contributed by atoms with Crippen LogP contribution in [-0.4, -0.2) is 37.5 Å². The Labute approximate surface area is 86.9 Å². The quantitative estimate of drug-likeness (QED) is 0.677. The first-order valence-electron chi connectivity index (χ1n) is 5.66. The molecular weight excluding hydrogens is 176 g/mol. The van der Waals surface area contributed by atoms with Crippen molar-refractivity contribution in [2.24, 2.45) is 0 Å². The van der Waals surface area contributed by atoms with E-state index in [1.807, 2.05) is 19.0 Å². The second-order valence-electron chi connectivity index (χ2n) is 4.15. The average Bonchev–Trinajstić information content (AvgIpc) is 2.69. The molecule has 1 aliphatic rings. The van der Waals surface area contributed by atoms with Gasteiger partial charge in [-0.2, -0.15) is 0 Å². The van der Waals surface area contributed by atoms with Crippen molar-refractivity contribution in [2.75, 3.05) is 20.6 Å². The molecule has 1 fully saturated rings. The van der Waals surface area contributed by atoms with E-state index in [9.17, 15) is 4.79 Å². The topological polar surface area (TPSA) is 32.3 Å². The lowest BCUT2D eigenvalue weighted by Gasteiger charge is -2.24. The molecular formula is C11H22N2O. The molecule has 0 aromatic rings. The average molecular weight is 198 g/mol. The highest BCUT2D eigenvalue weighted by Gasteiger charge is 2.22. The van der Waals surface area contributed by atoms with E-state index in [1.54, 1.807) is 0 Å². The highest BCUT2D eigenvalue weighted by Crippen LogP contribution is 2.22. The van der Waals surface area contributed by atoms with Crippen LogP contribution in [0, 0.1) is 0 Å². The summed E-state index contributed by atoms with van der Waals surface area (Å²) in [6, 6.07) is 0.525. The third kappa shape index (κ3) is 3.29. The van der Waals surface area contributed by atoms with Gasteiger partial charge in [-0.05, 0) is 32.9 Å². The summed E-state index contributed by atoms with van der Waals surface area (Å²) in [7, 11) is 3.88. The number of nitrogens with one attached hydrogen (secondary N) is 1. The number of carbonyl (C=O) groups excluding carboxylic acids is 1. The van der Waals surface area contributed by atoms with Crippen LogP contribution >= 0.6 is 0 Å². The van der Waals surface area contributed by atoms with E-state index in [4.69, 9.17) is 0 Å². The summed E-state index contributed by atoms with van der Waals surface area (Å²) < 4.78 is 0. The summed E-state index contributed by atoms with van der Waals surface area (Å²) in [5, 5.41) is 3.06. The molecule has 1 rings (SSSR count). The molecule has 14 heavy (non-hydrogen) atoms. The zero-order chi connectivity index (χ0) is 10.4. The van der Waals surface area contributed by atoms with Crippen LogP contribution in [0.2, 0.25) is 0 Å². The van der Waals surface area contributed by atoms with Crippen molar-refractivity contribution in [2.45, 2.75) is 44.6 Å². The minimum absolute atomic E-state index is 0.312. The van der Waals surface area contributed by atoms with Gasteiger partial charge in [0.1, 0.15) is 0 Å². The Bertz CT molecular complexity index is 176. The molecule has 1 saturated carbocycles. The van der Waals surface area contributed by atoms with E-state index in [0.717, 1.165) is 13.0 Å². The molecule has 0 radical (unpaired) electrons. The Morgan fingerprint density at radius 3 is 2.64 bits per heavy atom. The van der Waals surface area contributed by atoms with Gasteiger partial charge in [-0.15, -0.1) is 0 Å². The van der Waals surface area contributed by atoms with Gasteiger partial charge in [0.25, 0.3) is 0 Å². The van der Waals surface area contributed by atoms with Crippen molar-refractivity contribution in [3.05, 3.63) is 0 Å². The molecule has 0 unspecified atom stereocenters. The first-order valence-corrected chi connectivity index (χ1v) is 5.66. The molecule has 0 aromatic carbocycles. The lowest BCUT2D eigenvalue weighted by molar-refractivity contribution is -0.131. The van der Waals surface area contributed by atoms with Crippen LogP contribution in [0.4, 0.5) is 0 Å². The smallest absolute Gasteiger partial charge is 0.222 e. The monoisotopic (exact) mass is 198 g/mol. The van der Waals surface area contributed by atoms with Gasteiger partial charge >= 0.3 is 0 Å². The number of carbonyl (C=O) groups is 1. The van der Waals surface area contributed by atoms with Gasteiger partial charge in [0.2, 0.25) is 5.91 Å². The van der Waals surface area contributed by atoms with E-state index < -0.39 is 0 Å². The molecule has 0 spiro atoms. The minimum Gasteiger partial charge on any atom is -0.343 e. The number of rotatable bonds is 5. The standard InChI is InChI=1S/C11H22N2O/c1-12-9-5-8-11(14)13(2)10-6-3-4-7-10/h10,12H,3-9H2,1-2H3. The molecule has 0 aromatic heterocycles. The fraction of sp³-hybridized carbons (Fsp3) is 0.909. The highest BCUT2D eigenvalue weighted by molar-refractivity contribution is 5.76. The van der Waals surface area contributed by atoms with Gasteiger partial charge in [-0.1, -0.05) is 12.8 Å². The van der Waals surface area contributed by atoms with Crippen LogP contribution in [0.1, 0.15) is 38.5 Å². The molecule has 0 bridgehead atoms. The third-order valence-electron chi connectivity index (χ3n) is 3.08. The van der Waals surface area contributed by atoms with Crippen LogP contribution in [0.15, 0.2) is 0 Å². The van der Waals surface area contributed by atoms with E-state index in [-0.39, 0.29) is 0 Å². The zero-order valence-corrected chi connectivity index (χ0v) is 9.38. The summed E-state index contributed by atoms with van der Waals surface area (Å²) in [4.78, 5) is 13.7. The zero-order valence-electron chi connectivity index (χ0n) is 9.38. The molecule has 1 N–H and O–H groups in total. The summed E-state index contributed by atoms with van der Waals surface area (Å²) in [5.41, 5.74) is 0. The van der Waals surface area contributed by atoms with Crippen molar-refractivity contribution in [1.29, 1.82) is 0 Å². The van der Waals surface area contributed by atoms with Crippen LogP contribution in [0.3, 0.4) is 0 Å². The third-order valence-corrected chi connectivity index (χ3v) is 3.08. The van der Waals surface area contributed by atoms with Gasteiger partial charge in [0.05, 0.1) is 0 Å². The molecule has 1 aliphatic carbocycles. The van der Waals surface area contributed by atoms with Crippen molar-refractivity contribution in [1.82, 2.24) is 10.2 Å². The van der Waals surface area contributed by atoms with Crippen molar-refractivity contribution in [3.63, 3.8) is 0 Å². The maximum Gasteiger partial charge on any atom is 0.222 e. The fourth-order valence-electron chi connectivity index (χ4n) is 2.09. The predicted molar refractivity (Wildman–Crippen MR) is 58.2 cm³/mol. The molecule has 0 saturated heterocycles. The first kappa shape index (κ1) is 11.5. The lowest BCUT2D eigenvalue weighted by atomic mass is 10.2.